The summed E-state index contributed by atoms with van der Waals surface area (Å²) in [6, 6.07) is 8.51. The molecule has 237 valence electrons. The van der Waals surface area contributed by atoms with E-state index in [1.807, 2.05) is 0 Å². The summed E-state index contributed by atoms with van der Waals surface area (Å²) < 4.78 is 78.0. The van der Waals surface area contributed by atoms with E-state index in [4.69, 9.17) is 10.2 Å². The second kappa shape index (κ2) is 18.3. The Morgan fingerprint density at radius 1 is 0.625 bits per heavy atom. The molecule has 40 heavy (non-hydrogen) atoms. The molecule has 1 aromatic heterocycles. The first kappa shape index (κ1) is 46.5. The van der Waals surface area contributed by atoms with Gasteiger partial charge in [-0.25, -0.2) is 0 Å². The van der Waals surface area contributed by atoms with E-state index >= 15 is 0 Å². The van der Waals surface area contributed by atoms with Gasteiger partial charge in [0.15, 0.2) is 0 Å². The third-order valence-corrected chi connectivity index (χ3v) is 13.9. The second-order valence-corrected chi connectivity index (χ2v) is 21.8. The fraction of sp³-hybridized carbons (Fsp3) is 0.760. The Morgan fingerprint density at radius 2 is 0.800 bits per heavy atom. The van der Waals surface area contributed by atoms with Crippen molar-refractivity contribution in [2.24, 2.45) is 0 Å². The molecule has 0 aliphatic carbocycles. The maximum atomic E-state index is 9.75. The predicted molar refractivity (Wildman–Crippen MR) is 159 cm³/mol. The fourth-order valence-corrected chi connectivity index (χ4v) is 12.1. The van der Waals surface area contributed by atoms with Gasteiger partial charge in [-0.05, 0) is 95.2 Å². The van der Waals surface area contributed by atoms with E-state index in [1.165, 1.54) is 30.6 Å². The topological polar surface area (TPSA) is 36.7 Å². The largest absolute Gasteiger partial charge is 2.00 e. The third kappa shape index (κ3) is 29.1. The molecule has 0 bridgehead atoms. The average molecular weight is 671 g/mol. The Labute approximate surface area is 250 Å². The van der Waals surface area contributed by atoms with Gasteiger partial charge >= 0.3 is 31.3 Å². The van der Waals surface area contributed by atoms with Crippen LogP contribution in [0.1, 0.15) is 101 Å². The van der Waals surface area contributed by atoms with Gasteiger partial charge in [0.2, 0.25) is 0 Å². The Bertz CT molecular complexity index is 768. The van der Waals surface area contributed by atoms with E-state index < -0.39 is 30.4 Å². The van der Waals surface area contributed by atoms with Crippen LogP contribution in [0.25, 0.3) is 0 Å². The van der Waals surface area contributed by atoms with Gasteiger partial charge in [0.05, 0.1) is 50.4 Å². The first-order chi connectivity index (χ1) is 16.8. The van der Waals surface area contributed by atoms with Gasteiger partial charge in [-0.15, -0.1) is 0 Å². The third-order valence-electron chi connectivity index (χ3n) is 5.20. The van der Waals surface area contributed by atoms with Crippen LogP contribution in [-0.2, 0) is 29.1 Å². The average Bonchev–Trinajstić information content (AvgIpc) is 2.59. The van der Waals surface area contributed by atoms with Gasteiger partial charge in [-0.2, -0.15) is 5.26 Å². The number of aromatic nitrogens is 1. The molecule has 0 aromatic carbocycles. The van der Waals surface area contributed by atoms with Gasteiger partial charge in [0, 0.05) is 22.8 Å². The molecule has 15 heteroatoms. The molecular weight excluding hydrogens is 623 g/mol. The normalized spacial score (nSPS) is 12.6. The first-order valence-corrected chi connectivity index (χ1v) is 16.0. The summed E-state index contributed by atoms with van der Waals surface area (Å²) in [6.07, 6.45) is 2.33. The summed E-state index contributed by atoms with van der Waals surface area (Å²) >= 11 is 0. The molecule has 1 rings (SSSR count). The SMILES string of the molecule is CC#N.CC(C)(C)[PH+](Cc1cccc(C[PH+](C(C)(C)C)C(C)(C)C)n1)C(C)(C)C.F[B-](F)(F)F.F[B-](F)(F)F.[Co+2]. The van der Waals surface area contributed by atoms with Gasteiger partial charge < -0.3 is 34.5 Å². The Morgan fingerprint density at radius 3 is 0.950 bits per heavy atom. The van der Waals surface area contributed by atoms with E-state index in [0.29, 0.717) is 20.6 Å². The molecule has 0 fully saturated rings. The zero-order valence-electron chi connectivity index (χ0n) is 26.1. The van der Waals surface area contributed by atoms with Gasteiger partial charge in [0.1, 0.15) is 0 Å². The minimum atomic E-state index is -6.00. The van der Waals surface area contributed by atoms with Crippen molar-refractivity contribution in [2.75, 3.05) is 0 Å². The van der Waals surface area contributed by atoms with Crippen molar-refractivity contribution in [3.05, 3.63) is 29.6 Å². The van der Waals surface area contributed by atoms with E-state index in [-0.39, 0.29) is 16.8 Å². The second-order valence-electron chi connectivity index (χ2n) is 13.1. The van der Waals surface area contributed by atoms with Crippen LogP contribution in [0.4, 0.5) is 34.5 Å². The van der Waals surface area contributed by atoms with E-state index in [9.17, 15) is 34.5 Å². The molecule has 0 saturated carbocycles. The Balaban J connectivity index is -0.000000385. The van der Waals surface area contributed by atoms with Crippen LogP contribution in [0.5, 0.6) is 0 Å². The standard InChI is InChI=1S/C23H43NP2.C2H3N.2BF4.Co/c1-20(2,3)25(21(4,5)6)16-18-14-13-15-19(24-18)17-26(22(7,8)9)23(10,11)12;1-2-3;2*2-1(3,4)5;/h13-15H,16-17H2,1-12H3;1H3;;;/q;;2*-1;+2/p+2. The molecule has 1 heterocycles. The summed E-state index contributed by atoms with van der Waals surface area (Å²) in [5.74, 6) is 0. The van der Waals surface area contributed by atoms with Crippen molar-refractivity contribution in [1.29, 1.82) is 5.26 Å². The molecule has 0 N–H and O–H groups in total. The van der Waals surface area contributed by atoms with Crippen molar-refractivity contribution in [2.45, 2.75) is 123 Å². The summed E-state index contributed by atoms with van der Waals surface area (Å²) in [6.45, 7) is 30.4. The smallest absolute Gasteiger partial charge is 0.418 e. The van der Waals surface area contributed by atoms with Crippen molar-refractivity contribution in [3.8, 4) is 6.07 Å². The van der Waals surface area contributed by atoms with Gasteiger partial charge in [-0.3, -0.25) is 4.98 Å². The number of hydrogen-bond donors (Lipinski definition) is 0. The monoisotopic (exact) mass is 671 g/mol. The molecule has 1 radical (unpaired) electrons. The van der Waals surface area contributed by atoms with Crippen molar-refractivity contribution >= 4 is 30.4 Å². The molecular formula is C25H48B2CoF8N2P2+2. The number of nitrogens with zero attached hydrogens (tertiary/aromatic N) is 2. The minimum Gasteiger partial charge on any atom is -0.418 e. The van der Waals surface area contributed by atoms with Crippen molar-refractivity contribution in [3.63, 3.8) is 0 Å². The van der Waals surface area contributed by atoms with Gasteiger partial charge in [0.25, 0.3) is 0 Å². The summed E-state index contributed by atoms with van der Waals surface area (Å²) in [5, 5.41) is 8.84. The Hall–Kier alpha value is -0.424. The van der Waals surface area contributed by atoms with Crippen molar-refractivity contribution in [1.82, 2.24) is 4.98 Å². The fourth-order valence-electron chi connectivity index (χ4n) is 4.40. The van der Waals surface area contributed by atoms with Crippen LogP contribution in [0.2, 0.25) is 0 Å². The quantitative estimate of drug-likeness (QED) is 0.182. The maximum Gasteiger partial charge on any atom is 2.00 e. The van der Waals surface area contributed by atoms with Crippen LogP contribution in [0, 0.1) is 11.3 Å². The van der Waals surface area contributed by atoms with Crippen LogP contribution in [0.3, 0.4) is 0 Å². The number of nitriles is 1. The Kier molecular flexibility index (Phi) is 21.3. The summed E-state index contributed by atoms with van der Waals surface area (Å²) in [4.78, 5) is 5.16. The number of hydrogen-bond acceptors (Lipinski definition) is 2. The maximum absolute atomic E-state index is 9.75. The van der Waals surface area contributed by atoms with Crippen LogP contribution in [-0.4, -0.2) is 40.1 Å². The molecule has 2 nitrogen and oxygen atoms in total. The first-order valence-electron chi connectivity index (χ1n) is 12.6. The van der Waals surface area contributed by atoms with Crippen LogP contribution >= 0.6 is 15.8 Å². The van der Waals surface area contributed by atoms with E-state index in [1.54, 1.807) is 6.07 Å². The van der Waals surface area contributed by atoms with E-state index in [2.05, 4.69) is 101 Å². The molecule has 1 aromatic rings. The molecule has 0 aliphatic rings. The van der Waals surface area contributed by atoms with Crippen LogP contribution in [0.15, 0.2) is 18.2 Å². The van der Waals surface area contributed by atoms with Crippen LogP contribution < -0.4 is 0 Å². The molecule has 0 amide bonds. The molecule has 0 saturated heterocycles. The molecule has 0 unspecified atom stereocenters. The predicted octanol–water partition coefficient (Wildman–Crippen LogP) is 10.8. The zero-order chi connectivity index (χ0) is 32.3. The molecule has 0 aliphatic heterocycles. The zero-order valence-corrected chi connectivity index (χ0v) is 29.1. The minimum absolute atomic E-state index is 0. The summed E-state index contributed by atoms with van der Waals surface area (Å²) in [7, 11) is -13.2. The van der Waals surface area contributed by atoms with Gasteiger partial charge in [-0.1, -0.05) is 6.07 Å². The van der Waals surface area contributed by atoms with E-state index in [0.717, 1.165) is 0 Å². The molecule has 0 atom stereocenters. The van der Waals surface area contributed by atoms with Crippen molar-refractivity contribution < 1.29 is 51.3 Å². The number of halogens is 8. The molecule has 0 spiro atoms. The number of pyridine rings is 1. The number of rotatable bonds is 4. The summed E-state index contributed by atoms with van der Waals surface area (Å²) in [5.41, 5.74) is 2.62.